The van der Waals surface area contributed by atoms with Crippen molar-refractivity contribution in [3.63, 3.8) is 0 Å². The van der Waals surface area contributed by atoms with E-state index in [1.807, 2.05) is 13.8 Å². The van der Waals surface area contributed by atoms with Crippen molar-refractivity contribution in [2.45, 2.75) is 53.4 Å². The van der Waals surface area contributed by atoms with E-state index in [-0.39, 0.29) is 0 Å². The molecule has 0 saturated heterocycles. The van der Waals surface area contributed by atoms with Crippen molar-refractivity contribution in [1.82, 2.24) is 0 Å². The van der Waals surface area contributed by atoms with Crippen molar-refractivity contribution in [1.29, 1.82) is 0 Å². The van der Waals surface area contributed by atoms with Crippen LogP contribution in [0.3, 0.4) is 0 Å². The molecule has 134 valence electrons. The lowest BCUT2D eigenvalue weighted by atomic mass is 10.4. The van der Waals surface area contributed by atoms with Gasteiger partial charge in [0.2, 0.25) is 0 Å². The van der Waals surface area contributed by atoms with Crippen molar-refractivity contribution in [3.05, 3.63) is 0 Å². The first-order valence-electron chi connectivity index (χ1n) is 8.21. The smallest absolute Gasteiger partial charge is 0.189 e. The van der Waals surface area contributed by atoms with E-state index in [9.17, 15) is 0 Å². The zero-order valence-corrected chi connectivity index (χ0v) is 17.8. The fourth-order valence-electron chi connectivity index (χ4n) is 1.67. The van der Waals surface area contributed by atoms with Crippen molar-refractivity contribution in [2.24, 2.45) is 0 Å². The van der Waals surface area contributed by atoms with Gasteiger partial charge in [-0.1, -0.05) is 26.7 Å². The Labute approximate surface area is 147 Å². The Bertz CT molecular complexity index is 343. The van der Waals surface area contributed by atoms with Crippen molar-refractivity contribution in [2.75, 3.05) is 38.8 Å². The SMILES string of the molecule is CCCCOP(=S)(CCP(=S)(OCC)OCC)OCCCC. The van der Waals surface area contributed by atoms with Crippen molar-refractivity contribution >= 4 is 36.6 Å². The zero-order chi connectivity index (χ0) is 16.9. The van der Waals surface area contributed by atoms with Gasteiger partial charge in [-0.05, 0) is 50.3 Å². The number of rotatable bonds is 15. The van der Waals surface area contributed by atoms with Gasteiger partial charge in [0.15, 0.2) is 13.0 Å². The minimum absolute atomic E-state index is 0.563. The highest BCUT2D eigenvalue weighted by Crippen LogP contribution is 2.56. The first-order valence-corrected chi connectivity index (χ1v) is 13.9. The van der Waals surface area contributed by atoms with Crippen LogP contribution < -0.4 is 0 Å². The summed E-state index contributed by atoms with van der Waals surface area (Å²) in [5, 5.41) is 0. The van der Waals surface area contributed by atoms with Crippen LogP contribution in [-0.2, 0) is 41.7 Å². The van der Waals surface area contributed by atoms with Gasteiger partial charge in [-0.3, -0.25) is 0 Å². The highest BCUT2D eigenvalue weighted by atomic mass is 32.5. The molecule has 0 heterocycles. The molecule has 0 aromatic rings. The first-order chi connectivity index (χ1) is 10.4. The van der Waals surface area contributed by atoms with Gasteiger partial charge >= 0.3 is 0 Å². The minimum Gasteiger partial charge on any atom is -0.330 e. The van der Waals surface area contributed by atoms with Crippen molar-refractivity contribution in [3.8, 4) is 0 Å². The molecule has 0 aromatic carbocycles. The summed E-state index contributed by atoms with van der Waals surface area (Å²) < 4.78 is 23.2. The second-order valence-corrected chi connectivity index (χ2v) is 12.6. The largest absolute Gasteiger partial charge is 0.330 e. The molecule has 8 heteroatoms. The second kappa shape index (κ2) is 13.4. The molecule has 0 aliphatic heterocycles. The van der Waals surface area contributed by atoms with Gasteiger partial charge in [0.1, 0.15) is 0 Å². The van der Waals surface area contributed by atoms with Crippen LogP contribution >= 0.6 is 13.0 Å². The molecule has 0 bridgehead atoms. The lowest BCUT2D eigenvalue weighted by Gasteiger charge is -2.26. The van der Waals surface area contributed by atoms with Crippen LogP contribution in [0.4, 0.5) is 0 Å². The molecule has 0 aromatic heterocycles. The van der Waals surface area contributed by atoms with Gasteiger partial charge in [0.25, 0.3) is 0 Å². The van der Waals surface area contributed by atoms with E-state index in [2.05, 4.69) is 13.8 Å². The maximum absolute atomic E-state index is 5.93. The lowest BCUT2D eigenvalue weighted by Crippen LogP contribution is -2.08. The summed E-state index contributed by atoms with van der Waals surface area (Å²) in [6.45, 7) is 6.04. The van der Waals surface area contributed by atoms with Crippen molar-refractivity contribution < 1.29 is 18.1 Å². The topological polar surface area (TPSA) is 36.9 Å². The minimum atomic E-state index is -2.29. The van der Waals surface area contributed by atoms with Gasteiger partial charge in [-0.2, -0.15) is 0 Å². The zero-order valence-electron chi connectivity index (χ0n) is 14.4. The average Bonchev–Trinajstić information content (AvgIpc) is 2.47. The summed E-state index contributed by atoms with van der Waals surface area (Å²) in [4.78, 5) is 0. The predicted molar refractivity (Wildman–Crippen MR) is 103 cm³/mol. The van der Waals surface area contributed by atoms with Crippen LogP contribution in [0.25, 0.3) is 0 Å². The second-order valence-electron chi connectivity index (χ2n) is 4.88. The first kappa shape index (κ1) is 23.1. The highest BCUT2D eigenvalue weighted by molar-refractivity contribution is 8.12. The Kier molecular flexibility index (Phi) is 14.1. The van der Waals surface area contributed by atoms with Gasteiger partial charge in [-0.15, -0.1) is 0 Å². The molecule has 0 saturated carbocycles. The molecule has 4 nitrogen and oxygen atoms in total. The fourth-order valence-corrected chi connectivity index (χ4v) is 8.44. The van der Waals surface area contributed by atoms with Gasteiger partial charge in [0.05, 0.1) is 26.4 Å². The monoisotopic (exact) mass is 390 g/mol. The lowest BCUT2D eigenvalue weighted by molar-refractivity contribution is 0.239. The molecule has 0 unspecified atom stereocenters. The number of hydrogen-bond acceptors (Lipinski definition) is 6. The Balaban J connectivity index is 4.65. The van der Waals surface area contributed by atoms with Gasteiger partial charge in [-0.25, -0.2) is 0 Å². The maximum Gasteiger partial charge on any atom is 0.189 e. The summed E-state index contributed by atoms with van der Waals surface area (Å²) in [6.07, 6.45) is 5.42. The van der Waals surface area contributed by atoms with E-state index in [4.69, 9.17) is 41.7 Å². The third kappa shape index (κ3) is 10.8. The summed E-state index contributed by atoms with van der Waals surface area (Å²) in [5.41, 5.74) is 0. The quantitative estimate of drug-likeness (QED) is 0.279. The van der Waals surface area contributed by atoms with Crippen LogP contribution in [0.5, 0.6) is 0 Å². The Morgan fingerprint density at radius 3 is 1.32 bits per heavy atom. The number of unbranched alkanes of at least 4 members (excludes halogenated alkanes) is 2. The van der Waals surface area contributed by atoms with Crippen LogP contribution in [0.15, 0.2) is 0 Å². The van der Waals surface area contributed by atoms with Crippen LogP contribution in [0.2, 0.25) is 0 Å². The summed E-state index contributed by atoms with van der Waals surface area (Å²) in [5.74, 6) is 0. The van der Waals surface area contributed by atoms with E-state index >= 15 is 0 Å². The average molecular weight is 390 g/mol. The molecular weight excluding hydrogens is 358 g/mol. The molecule has 0 rings (SSSR count). The third-order valence-electron chi connectivity index (χ3n) is 2.87. The normalized spacial score (nSPS) is 12.7. The third-order valence-corrected chi connectivity index (χ3v) is 9.58. The highest BCUT2D eigenvalue weighted by Gasteiger charge is 2.25. The molecule has 0 aliphatic carbocycles. The molecule has 0 radical (unpaired) electrons. The van der Waals surface area contributed by atoms with Crippen LogP contribution in [-0.4, -0.2) is 38.8 Å². The summed E-state index contributed by atoms with van der Waals surface area (Å²) in [7, 11) is 0. The van der Waals surface area contributed by atoms with E-state index in [1.54, 1.807) is 0 Å². The Morgan fingerprint density at radius 1 is 0.636 bits per heavy atom. The maximum atomic E-state index is 5.93. The van der Waals surface area contributed by atoms with E-state index in [0.29, 0.717) is 38.8 Å². The molecule has 0 atom stereocenters. The molecule has 0 amide bonds. The summed E-state index contributed by atoms with van der Waals surface area (Å²) >= 11 is 11.3. The molecular formula is C14H32O4P2S2. The van der Waals surface area contributed by atoms with Gasteiger partial charge in [0, 0.05) is 12.3 Å². The molecule has 0 fully saturated rings. The predicted octanol–water partition coefficient (Wildman–Crippen LogP) is 5.31. The fraction of sp³-hybridized carbons (Fsp3) is 1.00. The molecule has 0 N–H and O–H groups in total. The van der Waals surface area contributed by atoms with E-state index < -0.39 is 13.0 Å². The van der Waals surface area contributed by atoms with E-state index in [1.165, 1.54) is 0 Å². The van der Waals surface area contributed by atoms with Crippen LogP contribution in [0.1, 0.15) is 53.4 Å². The Hall–Kier alpha value is 1.14. The van der Waals surface area contributed by atoms with Crippen LogP contribution in [0, 0.1) is 0 Å². The molecule has 0 aliphatic rings. The standard InChI is InChI=1S/C14H32O4P2S2/c1-5-9-11-17-20(22,18-12-10-6-2)14-13-19(21,15-7-3)16-8-4/h5-14H2,1-4H3. The Morgan fingerprint density at radius 2 is 1.00 bits per heavy atom. The molecule has 22 heavy (non-hydrogen) atoms. The number of hydrogen-bond donors (Lipinski definition) is 0. The summed E-state index contributed by atoms with van der Waals surface area (Å²) in [6, 6.07) is 0. The molecule has 0 spiro atoms. The van der Waals surface area contributed by atoms with E-state index in [0.717, 1.165) is 25.7 Å². The van der Waals surface area contributed by atoms with Gasteiger partial charge < -0.3 is 18.1 Å².